The zero-order valence-electron chi connectivity index (χ0n) is 19.9. The monoisotopic (exact) mass is 480 g/mol. The minimum absolute atomic E-state index is 0.133. The van der Waals surface area contributed by atoms with E-state index in [4.69, 9.17) is 9.47 Å². The average Bonchev–Trinajstić information content (AvgIpc) is 2.82. The van der Waals surface area contributed by atoms with E-state index in [9.17, 15) is 19.7 Å². The molecule has 3 rings (SSSR count). The Labute approximate surface area is 199 Å². The largest absolute Gasteiger partial charge is 0.466 e. The van der Waals surface area contributed by atoms with Gasteiger partial charge in [0.25, 0.3) is 5.69 Å². The molecular formula is C25H28N2O6Si. The van der Waals surface area contributed by atoms with Gasteiger partial charge in [0.05, 0.1) is 35.3 Å². The molecule has 0 spiro atoms. The van der Waals surface area contributed by atoms with Crippen LogP contribution < -0.4 is 10.5 Å². The van der Waals surface area contributed by atoms with Crippen molar-refractivity contribution in [2.24, 2.45) is 0 Å². The van der Waals surface area contributed by atoms with Gasteiger partial charge in [-0.3, -0.25) is 10.1 Å². The van der Waals surface area contributed by atoms with Crippen molar-refractivity contribution in [2.75, 3.05) is 13.3 Å². The van der Waals surface area contributed by atoms with Crippen molar-refractivity contribution in [3.63, 3.8) is 0 Å². The molecule has 1 N–H and O–H groups in total. The van der Waals surface area contributed by atoms with Crippen LogP contribution in [0.1, 0.15) is 25.3 Å². The Morgan fingerprint density at radius 2 is 1.53 bits per heavy atom. The van der Waals surface area contributed by atoms with Gasteiger partial charge in [0.15, 0.2) is 0 Å². The van der Waals surface area contributed by atoms with E-state index in [0.29, 0.717) is 11.4 Å². The Balaban J connectivity index is 2.05. The Morgan fingerprint density at radius 1 is 0.971 bits per heavy atom. The summed E-state index contributed by atoms with van der Waals surface area (Å²) in [7, 11) is -0.883. The third-order valence-electron chi connectivity index (χ3n) is 5.95. The average molecular weight is 481 g/mol. The summed E-state index contributed by atoms with van der Waals surface area (Å²) in [5, 5.41) is 16.0. The van der Waals surface area contributed by atoms with Gasteiger partial charge in [-0.2, -0.15) is 0 Å². The minimum atomic E-state index is -2.11. The second-order valence-electron chi connectivity index (χ2n) is 8.77. The number of carbonyl (C=O) groups is 2. The van der Waals surface area contributed by atoms with Gasteiger partial charge in [-0.15, -0.1) is 0 Å². The lowest BCUT2D eigenvalue weighted by molar-refractivity contribution is -0.385. The molecule has 8 nitrogen and oxygen atoms in total. The number of hydrogen-bond donors (Lipinski definition) is 1. The summed E-state index contributed by atoms with van der Waals surface area (Å²) in [5.41, 5.74) is 1.24. The molecule has 1 aliphatic rings. The van der Waals surface area contributed by atoms with E-state index in [1.165, 1.54) is 13.2 Å². The summed E-state index contributed by atoms with van der Waals surface area (Å²) in [4.78, 5) is 37.5. The zero-order valence-corrected chi connectivity index (χ0v) is 20.9. The van der Waals surface area contributed by atoms with Crippen LogP contribution in [0.2, 0.25) is 13.1 Å². The molecule has 0 fully saturated rings. The van der Waals surface area contributed by atoms with Crippen LogP contribution in [0.5, 0.6) is 0 Å². The smallest absolute Gasteiger partial charge is 0.336 e. The predicted molar refractivity (Wildman–Crippen MR) is 131 cm³/mol. The van der Waals surface area contributed by atoms with E-state index in [0.717, 1.165) is 5.19 Å². The number of benzene rings is 2. The lowest BCUT2D eigenvalue weighted by Gasteiger charge is -2.31. The highest BCUT2D eigenvalue weighted by molar-refractivity contribution is 6.89. The fourth-order valence-corrected chi connectivity index (χ4v) is 5.90. The van der Waals surface area contributed by atoms with Gasteiger partial charge in [-0.1, -0.05) is 66.8 Å². The molecule has 0 amide bonds. The highest BCUT2D eigenvalue weighted by atomic mass is 28.3. The summed E-state index contributed by atoms with van der Waals surface area (Å²) >= 11 is 0. The van der Waals surface area contributed by atoms with E-state index in [1.54, 1.807) is 32.0 Å². The molecule has 1 aliphatic heterocycles. The molecule has 34 heavy (non-hydrogen) atoms. The van der Waals surface area contributed by atoms with E-state index in [2.05, 4.69) is 18.4 Å². The summed E-state index contributed by atoms with van der Waals surface area (Å²) < 4.78 is 10.8. The molecule has 0 radical (unpaired) electrons. The number of allylic oxidation sites excluding steroid dienone is 2. The van der Waals surface area contributed by atoms with Crippen molar-refractivity contribution < 1.29 is 24.0 Å². The molecule has 0 bridgehead atoms. The van der Waals surface area contributed by atoms with Crippen molar-refractivity contribution in [1.82, 2.24) is 5.32 Å². The lowest BCUT2D eigenvalue weighted by atomic mass is 9.79. The van der Waals surface area contributed by atoms with Crippen LogP contribution in [0.3, 0.4) is 0 Å². The van der Waals surface area contributed by atoms with Crippen LogP contribution in [0.4, 0.5) is 5.69 Å². The third kappa shape index (κ3) is 4.94. The molecule has 178 valence electrons. The van der Waals surface area contributed by atoms with Crippen molar-refractivity contribution >= 4 is 30.9 Å². The van der Waals surface area contributed by atoms with E-state index in [1.807, 2.05) is 30.3 Å². The van der Waals surface area contributed by atoms with Gasteiger partial charge in [-0.25, -0.2) is 9.59 Å². The highest BCUT2D eigenvalue weighted by Gasteiger charge is 2.41. The molecule has 1 unspecified atom stereocenters. The summed E-state index contributed by atoms with van der Waals surface area (Å²) in [6, 6.07) is 15.9. The Kier molecular flexibility index (Phi) is 7.36. The predicted octanol–water partition coefficient (Wildman–Crippen LogP) is 3.70. The second kappa shape index (κ2) is 10.0. The molecule has 0 saturated heterocycles. The number of hydrogen-bond acceptors (Lipinski definition) is 7. The summed E-state index contributed by atoms with van der Waals surface area (Å²) in [5.74, 6) is -2.31. The number of dihydropyridines is 1. The number of methoxy groups -OCH3 is 1. The highest BCUT2D eigenvalue weighted by Crippen LogP contribution is 2.42. The molecule has 0 saturated carbocycles. The SMILES string of the molecule is COC(=O)C1=C(C)NC(C)=C(C(=O)OC[Si](C)(C)c2ccccc2)C1c1ccccc1[N+](=O)[O-]. The van der Waals surface area contributed by atoms with Crippen molar-refractivity contribution in [3.05, 3.63) is 92.8 Å². The van der Waals surface area contributed by atoms with Gasteiger partial charge in [0.1, 0.15) is 8.07 Å². The quantitative estimate of drug-likeness (QED) is 0.279. The lowest BCUT2D eigenvalue weighted by Crippen LogP contribution is -2.47. The number of rotatable bonds is 7. The van der Waals surface area contributed by atoms with Gasteiger partial charge in [0.2, 0.25) is 0 Å². The maximum Gasteiger partial charge on any atom is 0.336 e. The number of nitro benzene ring substituents is 1. The van der Waals surface area contributed by atoms with E-state index in [-0.39, 0.29) is 28.6 Å². The molecule has 0 aliphatic carbocycles. The summed E-state index contributed by atoms with van der Waals surface area (Å²) in [6.45, 7) is 7.56. The topological polar surface area (TPSA) is 108 Å². The number of esters is 2. The molecule has 1 atom stereocenters. The van der Waals surface area contributed by atoms with Crippen LogP contribution in [-0.2, 0) is 19.1 Å². The first-order chi connectivity index (χ1) is 16.1. The van der Waals surface area contributed by atoms with Gasteiger partial charge in [-0.05, 0) is 13.8 Å². The molecule has 0 aromatic heterocycles. The molecule has 9 heteroatoms. The fourth-order valence-electron chi connectivity index (χ4n) is 4.15. The number of nitrogens with zero attached hydrogens (tertiary/aromatic N) is 1. The fraction of sp³-hybridized carbons (Fsp3) is 0.280. The zero-order chi connectivity index (χ0) is 25.0. The van der Waals surface area contributed by atoms with Crippen molar-refractivity contribution in [3.8, 4) is 0 Å². The Morgan fingerprint density at radius 3 is 2.12 bits per heavy atom. The van der Waals surface area contributed by atoms with Crippen LogP contribution >= 0.6 is 0 Å². The molecule has 1 heterocycles. The van der Waals surface area contributed by atoms with Gasteiger partial charge < -0.3 is 14.8 Å². The van der Waals surface area contributed by atoms with Crippen LogP contribution in [0.15, 0.2) is 77.1 Å². The second-order valence-corrected chi connectivity index (χ2v) is 13.4. The maximum atomic E-state index is 13.5. The number of carbonyl (C=O) groups excluding carboxylic acids is 2. The molecule has 2 aromatic carbocycles. The first-order valence-corrected chi connectivity index (χ1v) is 14.0. The minimum Gasteiger partial charge on any atom is -0.466 e. The number of para-hydroxylation sites is 1. The Bertz CT molecular complexity index is 1190. The standard InChI is InChI=1S/C25H28N2O6Si/c1-16-21(24(28)32-3)23(19-13-9-10-14-20(19)27(30)31)22(17(2)26-16)25(29)33-15-34(4,5)18-11-7-6-8-12-18/h6-14,23,26H,15H2,1-5H3. The van der Waals surface area contributed by atoms with Gasteiger partial charge >= 0.3 is 11.9 Å². The van der Waals surface area contributed by atoms with Crippen molar-refractivity contribution in [2.45, 2.75) is 32.9 Å². The number of ether oxygens (including phenoxy) is 2. The van der Waals surface area contributed by atoms with Crippen molar-refractivity contribution in [1.29, 1.82) is 0 Å². The van der Waals surface area contributed by atoms with E-state index >= 15 is 0 Å². The van der Waals surface area contributed by atoms with Crippen LogP contribution in [0.25, 0.3) is 0 Å². The number of nitrogens with one attached hydrogen (secondary N) is 1. The first-order valence-electron chi connectivity index (χ1n) is 10.8. The summed E-state index contributed by atoms with van der Waals surface area (Å²) in [6.07, 6.45) is 0.215. The Hall–Kier alpha value is -3.72. The van der Waals surface area contributed by atoms with Crippen LogP contribution in [-0.4, -0.2) is 38.3 Å². The maximum absolute atomic E-state index is 13.5. The van der Waals surface area contributed by atoms with Crippen LogP contribution in [0, 0.1) is 10.1 Å². The van der Waals surface area contributed by atoms with E-state index < -0.39 is 30.9 Å². The third-order valence-corrected chi connectivity index (χ3v) is 8.71. The molecule has 2 aromatic rings. The molecular weight excluding hydrogens is 452 g/mol. The first kappa shape index (κ1) is 24.9. The normalized spacial score (nSPS) is 16.1. The number of nitro groups is 1. The van der Waals surface area contributed by atoms with Gasteiger partial charge in [0, 0.05) is 23.0 Å².